The van der Waals surface area contributed by atoms with Gasteiger partial charge in [0.25, 0.3) is 0 Å². The van der Waals surface area contributed by atoms with E-state index in [0.717, 1.165) is 19.3 Å². The Balaban J connectivity index is 3.22. The maximum absolute atomic E-state index is 12.9. The first-order chi connectivity index (χ1) is 5.95. The third kappa shape index (κ3) is 9.31. The van der Waals surface area contributed by atoms with Crippen molar-refractivity contribution in [2.24, 2.45) is 0 Å². The smallest absolute Gasteiger partial charge is 0.305 e. The van der Waals surface area contributed by atoms with Crippen molar-refractivity contribution in [1.29, 1.82) is 0 Å². The Bertz CT molecular complexity index is 149. The molecule has 0 N–H and O–H groups in total. The summed E-state index contributed by atoms with van der Waals surface area (Å²) in [5, 5.41) is 0. The first-order valence-electron chi connectivity index (χ1n) is 4.71. The van der Waals surface area contributed by atoms with Gasteiger partial charge in [-0.05, 0) is 26.7 Å². The first kappa shape index (κ1) is 12.4. The molecule has 0 spiro atoms. The second kappa shape index (κ2) is 5.95. The van der Waals surface area contributed by atoms with E-state index in [9.17, 15) is 9.18 Å². The largest absolute Gasteiger partial charge is 0.469 e. The molecule has 0 aliphatic carbocycles. The van der Waals surface area contributed by atoms with E-state index in [1.807, 2.05) is 0 Å². The minimum absolute atomic E-state index is 0.181. The molecule has 0 aliphatic rings. The number of carbonyl (C=O) groups is 1. The molecule has 0 heterocycles. The summed E-state index contributed by atoms with van der Waals surface area (Å²) in [6, 6.07) is 0. The SMILES string of the molecule is COC(=O)CCCCCC(C)(C)F. The van der Waals surface area contributed by atoms with Crippen LogP contribution in [-0.2, 0) is 9.53 Å². The van der Waals surface area contributed by atoms with Crippen LogP contribution in [0.1, 0.15) is 46.0 Å². The molecule has 0 radical (unpaired) electrons. The van der Waals surface area contributed by atoms with Crippen LogP contribution < -0.4 is 0 Å². The van der Waals surface area contributed by atoms with Crippen molar-refractivity contribution in [1.82, 2.24) is 0 Å². The van der Waals surface area contributed by atoms with Crippen molar-refractivity contribution in [2.75, 3.05) is 7.11 Å². The van der Waals surface area contributed by atoms with Crippen LogP contribution in [-0.4, -0.2) is 18.7 Å². The molecule has 0 saturated carbocycles. The van der Waals surface area contributed by atoms with Crippen LogP contribution in [0.2, 0.25) is 0 Å². The maximum Gasteiger partial charge on any atom is 0.305 e. The standard InChI is InChI=1S/C10H19FO2/c1-10(2,11)8-6-4-5-7-9(12)13-3/h4-8H2,1-3H3. The van der Waals surface area contributed by atoms with E-state index in [4.69, 9.17) is 0 Å². The fourth-order valence-corrected chi connectivity index (χ4v) is 1.09. The van der Waals surface area contributed by atoms with Crippen LogP contribution in [0.4, 0.5) is 4.39 Å². The normalized spacial score (nSPS) is 11.4. The molecular formula is C10H19FO2. The lowest BCUT2D eigenvalue weighted by Gasteiger charge is -2.12. The molecule has 0 aromatic heterocycles. The highest BCUT2D eigenvalue weighted by molar-refractivity contribution is 5.68. The van der Waals surface area contributed by atoms with Gasteiger partial charge in [-0.2, -0.15) is 0 Å². The number of esters is 1. The van der Waals surface area contributed by atoms with Crippen LogP contribution >= 0.6 is 0 Å². The van der Waals surface area contributed by atoms with Crippen LogP contribution in [0.5, 0.6) is 0 Å². The fraction of sp³-hybridized carbons (Fsp3) is 0.900. The third-order valence-electron chi connectivity index (χ3n) is 1.88. The molecule has 0 fully saturated rings. The zero-order chi connectivity index (χ0) is 10.3. The lowest BCUT2D eigenvalue weighted by atomic mass is 10.0. The van der Waals surface area contributed by atoms with Gasteiger partial charge in [-0.25, -0.2) is 4.39 Å². The van der Waals surface area contributed by atoms with Gasteiger partial charge in [0, 0.05) is 6.42 Å². The molecule has 0 rings (SSSR count). The van der Waals surface area contributed by atoms with Crippen LogP contribution in [0.15, 0.2) is 0 Å². The number of methoxy groups -OCH3 is 1. The zero-order valence-electron chi connectivity index (χ0n) is 8.73. The Morgan fingerprint density at radius 3 is 2.38 bits per heavy atom. The second-order valence-electron chi connectivity index (χ2n) is 3.86. The molecule has 0 aromatic carbocycles. The molecule has 0 amide bonds. The molecule has 2 nitrogen and oxygen atoms in total. The summed E-state index contributed by atoms with van der Waals surface area (Å²) < 4.78 is 17.4. The van der Waals surface area contributed by atoms with Crippen molar-refractivity contribution in [3.63, 3.8) is 0 Å². The topological polar surface area (TPSA) is 26.3 Å². The lowest BCUT2D eigenvalue weighted by Crippen LogP contribution is -2.10. The summed E-state index contributed by atoms with van der Waals surface area (Å²) in [7, 11) is 1.38. The Labute approximate surface area is 79.5 Å². The highest BCUT2D eigenvalue weighted by atomic mass is 19.1. The predicted octanol–water partition coefficient (Wildman–Crippen LogP) is 2.86. The quantitative estimate of drug-likeness (QED) is 0.475. The number of hydrogen-bond acceptors (Lipinski definition) is 2. The summed E-state index contributed by atoms with van der Waals surface area (Å²) >= 11 is 0. The molecule has 0 aromatic rings. The molecule has 13 heavy (non-hydrogen) atoms. The molecule has 0 unspecified atom stereocenters. The summed E-state index contributed by atoms with van der Waals surface area (Å²) in [4.78, 5) is 10.7. The fourth-order valence-electron chi connectivity index (χ4n) is 1.09. The van der Waals surface area contributed by atoms with Crippen LogP contribution in [0.3, 0.4) is 0 Å². The Morgan fingerprint density at radius 2 is 1.92 bits per heavy atom. The highest BCUT2D eigenvalue weighted by Gasteiger charge is 2.14. The Kier molecular flexibility index (Phi) is 5.67. The van der Waals surface area contributed by atoms with E-state index in [1.165, 1.54) is 7.11 Å². The summed E-state index contributed by atoms with van der Waals surface area (Å²) in [6.45, 7) is 3.15. The van der Waals surface area contributed by atoms with Gasteiger partial charge in [0.15, 0.2) is 0 Å². The van der Waals surface area contributed by atoms with Gasteiger partial charge < -0.3 is 4.74 Å². The molecule has 78 valence electrons. The molecular weight excluding hydrogens is 171 g/mol. The average Bonchev–Trinajstić information content (AvgIpc) is 2.01. The Hall–Kier alpha value is -0.600. The number of alkyl halides is 1. The maximum atomic E-state index is 12.9. The number of halogens is 1. The number of rotatable bonds is 6. The number of unbranched alkanes of at least 4 members (excludes halogenated alkanes) is 2. The molecule has 0 saturated heterocycles. The monoisotopic (exact) mass is 190 g/mol. The van der Waals surface area contributed by atoms with Gasteiger partial charge in [-0.1, -0.05) is 12.8 Å². The van der Waals surface area contributed by atoms with Crippen molar-refractivity contribution in [2.45, 2.75) is 51.6 Å². The van der Waals surface area contributed by atoms with Crippen molar-refractivity contribution in [3.05, 3.63) is 0 Å². The summed E-state index contributed by atoms with van der Waals surface area (Å²) in [6.07, 6.45) is 3.53. The minimum Gasteiger partial charge on any atom is -0.469 e. The van der Waals surface area contributed by atoms with Gasteiger partial charge in [-0.15, -0.1) is 0 Å². The van der Waals surface area contributed by atoms with Gasteiger partial charge >= 0.3 is 5.97 Å². The average molecular weight is 190 g/mol. The zero-order valence-corrected chi connectivity index (χ0v) is 8.73. The van der Waals surface area contributed by atoms with Crippen LogP contribution in [0.25, 0.3) is 0 Å². The molecule has 3 heteroatoms. The van der Waals surface area contributed by atoms with Crippen molar-refractivity contribution >= 4 is 5.97 Å². The van der Waals surface area contributed by atoms with Gasteiger partial charge in [0.05, 0.1) is 7.11 Å². The van der Waals surface area contributed by atoms with Crippen molar-refractivity contribution in [3.8, 4) is 0 Å². The Morgan fingerprint density at radius 1 is 1.31 bits per heavy atom. The predicted molar refractivity (Wildman–Crippen MR) is 50.3 cm³/mol. The number of carbonyl (C=O) groups excluding carboxylic acids is 1. The highest BCUT2D eigenvalue weighted by Crippen LogP contribution is 2.18. The van der Waals surface area contributed by atoms with E-state index in [0.29, 0.717) is 12.8 Å². The lowest BCUT2D eigenvalue weighted by molar-refractivity contribution is -0.140. The molecule has 0 atom stereocenters. The van der Waals surface area contributed by atoms with Gasteiger partial charge in [0.2, 0.25) is 0 Å². The van der Waals surface area contributed by atoms with E-state index >= 15 is 0 Å². The summed E-state index contributed by atoms with van der Waals surface area (Å²) in [5.41, 5.74) is -1.08. The van der Waals surface area contributed by atoms with E-state index in [-0.39, 0.29) is 5.97 Å². The van der Waals surface area contributed by atoms with Gasteiger partial charge in [0.1, 0.15) is 5.67 Å². The van der Waals surface area contributed by atoms with E-state index < -0.39 is 5.67 Å². The summed E-state index contributed by atoms with van der Waals surface area (Å²) in [5.74, 6) is -0.181. The number of hydrogen-bond donors (Lipinski definition) is 0. The van der Waals surface area contributed by atoms with E-state index in [1.54, 1.807) is 13.8 Å². The molecule has 0 aliphatic heterocycles. The van der Waals surface area contributed by atoms with Crippen LogP contribution in [0, 0.1) is 0 Å². The van der Waals surface area contributed by atoms with Gasteiger partial charge in [-0.3, -0.25) is 4.79 Å². The second-order valence-corrected chi connectivity index (χ2v) is 3.86. The first-order valence-corrected chi connectivity index (χ1v) is 4.71. The number of ether oxygens (including phenoxy) is 1. The van der Waals surface area contributed by atoms with Crippen molar-refractivity contribution < 1.29 is 13.9 Å². The molecule has 0 bridgehead atoms. The third-order valence-corrected chi connectivity index (χ3v) is 1.88. The van der Waals surface area contributed by atoms with E-state index in [2.05, 4.69) is 4.74 Å². The minimum atomic E-state index is -1.08.